The summed E-state index contributed by atoms with van der Waals surface area (Å²) in [5.74, 6) is -1.18. The van der Waals surface area contributed by atoms with E-state index in [4.69, 9.17) is 4.74 Å². The highest BCUT2D eigenvalue weighted by Crippen LogP contribution is 2.34. The maximum atomic E-state index is 14.8. The van der Waals surface area contributed by atoms with Gasteiger partial charge in [-0.3, -0.25) is 9.69 Å². The molecule has 5 rings (SSSR count). The van der Waals surface area contributed by atoms with Gasteiger partial charge in [0.25, 0.3) is 5.91 Å². The summed E-state index contributed by atoms with van der Waals surface area (Å²) in [6.45, 7) is 3.30. The molecule has 2 aromatic carbocycles. The zero-order valence-corrected chi connectivity index (χ0v) is 23.5. The number of rotatable bonds is 8. The van der Waals surface area contributed by atoms with Crippen molar-refractivity contribution in [3.05, 3.63) is 89.5 Å². The quantitative estimate of drug-likeness (QED) is 0.257. The molecule has 0 spiro atoms. The molecule has 2 N–H and O–H groups in total. The lowest BCUT2D eigenvalue weighted by molar-refractivity contribution is -0.137. The first-order chi connectivity index (χ1) is 20.6. The van der Waals surface area contributed by atoms with Crippen molar-refractivity contribution in [2.75, 3.05) is 50.9 Å². The van der Waals surface area contributed by atoms with E-state index < -0.39 is 29.0 Å². The zero-order chi connectivity index (χ0) is 30.6. The molecule has 9 nitrogen and oxygen atoms in total. The number of piperazine rings is 1. The van der Waals surface area contributed by atoms with E-state index in [1.165, 1.54) is 24.4 Å². The number of amides is 1. The fourth-order valence-corrected chi connectivity index (χ4v) is 4.63. The van der Waals surface area contributed by atoms with Crippen molar-refractivity contribution in [2.45, 2.75) is 12.7 Å². The molecule has 1 amide bonds. The zero-order valence-electron chi connectivity index (χ0n) is 23.5. The minimum absolute atomic E-state index is 0.0918. The van der Waals surface area contributed by atoms with Gasteiger partial charge in [-0.05, 0) is 67.2 Å². The van der Waals surface area contributed by atoms with Crippen LogP contribution in [0.1, 0.15) is 21.5 Å². The summed E-state index contributed by atoms with van der Waals surface area (Å²) in [6, 6.07) is 12.0. The predicted octanol–water partition coefficient (Wildman–Crippen LogP) is 5.53. The SMILES string of the molecule is CNc1nccc(-c2cccnc2Oc2ccc(F)c(C(=O)Nc3cc(CN4CCN(C)CC4)cc(C(F)(F)F)c3)c2)n1. The number of carbonyl (C=O) groups excluding carboxylic acids is 1. The molecule has 0 radical (unpaired) electrons. The highest BCUT2D eigenvalue weighted by Gasteiger charge is 2.32. The maximum Gasteiger partial charge on any atom is 0.416 e. The van der Waals surface area contributed by atoms with E-state index in [1.54, 1.807) is 31.4 Å². The number of halogens is 4. The molecular formula is C30H29F4N7O2. The first-order valence-corrected chi connectivity index (χ1v) is 13.5. The molecule has 0 unspecified atom stereocenters. The van der Waals surface area contributed by atoms with Crippen LogP contribution in [0, 0.1) is 5.82 Å². The average Bonchev–Trinajstić information content (AvgIpc) is 2.99. The van der Waals surface area contributed by atoms with E-state index in [-0.39, 0.29) is 23.9 Å². The Morgan fingerprint density at radius 1 is 1.00 bits per heavy atom. The number of carbonyl (C=O) groups is 1. The monoisotopic (exact) mass is 595 g/mol. The normalized spacial score (nSPS) is 14.4. The maximum absolute atomic E-state index is 14.8. The Morgan fingerprint density at radius 2 is 1.79 bits per heavy atom. The number of nitrogens with zero attached hydrogens (tertiary/aromatic N) is 5. The van der Waals surface area contributed by atoms with Crippen LogP contribution < -0.4 is 15.4 Å². The fraction of sp³-hybridized carbons (Fsp3) is 0.267. The van der Waals surface area contributed by atoms with Gasteiger partial charge in [0.2, 0.25) is 11.8 Å². The lowest BCUT2D eigenvalue weighted by atomic mass is 10.1. The Labute approximate surface area is 245 Å². The van der Waals surface area contributed by atoms with E-state index in [9.17, 15) is 22.4 Å². The molecule has 3 heterocycles. The standard InChI is InChI=1S/C30H29F4N7O2/c1-35-29-37-9-7-26(39-29)23-4-3-8-36-28(23)43-22-5-6-25(31)24(17-22)27(42)38-21-15-19(14-20(16-21)30(32,33)34)18-41-12-10-40(2)11-13-41/h3-9,14-17H,10-13,18H2,1-2H3,(H,38,42)(H,35,37,39). The molecule has 0 aliphatic carbocycles. The van der Waals surface area contributed by atoms with E-state index >= 15 is 0 Å². The number of pyridine rings is 1. The van der Waals surface area contributed by atoms with E-state index in [2.05, 4.69) is 35.4 Å². The third-order valence-electron chi connectivity index (χ3n) is 6.90. The van der Waals surface area contributed by atoms with Crippen LogP contribution in [-0.4, -0.2) is 70.9 Å². The number of alkyl halides is 3. The van der Waals surface area contributed by atoms with Gasteiger partial charge in [0.15, 0.2) is 0 Å². The second-order valence-electron chi connectivity index (χ2n) is 10.1. The third-order valence-corrected chi connectivity index (χ3v) is 6.90. The van der Waals surface area contributed by atoms with Gasteiger partial charge >= 0.3 is 6.18 Å². The van der Waals surface area contributed by atoms with Crippen LogP contribution in [0.2, 0.25) is 0 Å². The minimum Gasteiger partial charge on any atom is -0.438 e. The smallest absolute Gasteiger partial charge is 0.416 e. The summed E-state index contributed by atoms with van der Waals surface area (Å²) in [4.78, 5) is 30.1. The topological polar surface area (TPSA) is 95.5 Å². The highest BCUT2D eigenvalue weighted by atomic mass is 19.4. The van der Waals surface area contributed by atoms with Crippen molar-refractivity contribution in [1.29, 1.82) is 0 Å². The number of likely N-dealkylation sites (N-methyl/N-ethyl adjacent to an activating group) is 1. The third kappa shape index (κ3) is 7.43. The van der Waals surface area contributed by atoms with Gasteiger partial charge in [-0.25, -0.2) is 19.3 Å². The van der Waals surface area contributed by atoms with Gasteiger partial charge in [-0.15, -0.1) is 0 Å². The van der Waals surface area contributed by atoms with Crippen molar-refractivity contribution >= 4 is 17.5 Å². The van der Waals surface area contributed by atoms with Crippen LogP contribution in [0.15, 0.2) is 67.0 Å². The van der Waals surface area contributed by atoms with Crippen LogP contribution in [-0.2, 0) is 12.7 Å². The van der Waals surface area contributed by atoms with Crippen LogP contribution in [0.4, 0.5) is 29.2 Å². The summed E-state index contributed by atoms with van der Waals surface area (Å²) in [5, 5.41) is 5.29. The highest BCUT2D eigenvalue weighted by molar-refractivity contribution is 6.04. The average molecular weight is 596 g/mol. The molecule has 13 heteroatoms. The van der Waals surface area contributed by atoms with E-state index in [1.807, 2.05) is 7.05 Å². The van der Waals surface area contributed by atoms with Crippen molar-refractivity contribution in [1.82, 2.24) is 24.8 Å². The molecule has 1 aliphatic rings. The van der Waals surface area contributed by atoms with Crippen LogP contribution in [0.25, 0.3) is 11.3 Å². The molecule has 0 atom stereocenters. The van der Waals surface area contributed by atoms with E-state index in [0.29, 0.717) is 35.9 Å². The van der Waals surface area contributed by atoms with Gasteiger partial charge < -0.3 is 20.3 Å². The van der Waals surface area contributed by atoms with Gasteiger partial charge in [0.05, 0.1) is 22.4 Å². The molecule has 0 saturated carbocycles. The summed E-state index contributed by atoms with van der Waals surface area (Å²) in [6.07, 6.45) is -1.56. The Morgan fingerprint density at radius 3 is 2.53 bits per heavy atom. The molecule has 1 fully saturated rings. The summed E-state index contributed by atoms with van der Waals surface area (Å²) < 4.78 is 61.9. The van der Waals surface area contributed by atoms with Gasteiger partial charge in [0.1, 0.15) is 11.6 Å². The second kappa shape index (κ2) is 12.7. The van der Waals surface area contributed by atoms with E-state index in [0.717, 1.165) is 31.3 Å². The Balaban J connectivity index is 1.38. The number of anilines is 2. The van der Waals surface area contributed by atoms with Crippen molar-refractivity contribution in [3.8, 4) is 22.9 Å². The fourth-order valence-electron chi connectivity index (χ4n) is 4.63. The molecule has 2 aromatic heterocycles. The molecule has 224 valence electrons. The number of nitrogens with one attached hydrogen (secondary N) is 2. The Kier molecular flexibility index (Phi) is 8.83. The first-order valence-electron chi connectivity index (χ1n) is 13.5. The molecule has 0 bridgehead atoms. The molecule has 1 saturated heterocycles. The van der Waals surface area contributed by atoms with Crippen molar-refractivity contribution < 1.29 is 27.1 Å². The summed E-state index contributed by atoms with van der Waals surface area (Å²) in [5.41, 5.74) is 0.0215. The van der Waals surface area contributed by atoms with Gasteiger partial charge in [0, 0.05) is 57.9 Å². The number of ether oxygens (including phenoxy) is 1. The lowest BCUT2D eigenvalue weighted by Gasteiger charge is -2.32. The van der Waals surface area contributed by atoms with Crippen molar-refractivity contribution in [2.24, 2.45) is 0 Å². The van der Waals surface area contributed by atoms with Crippen LogP contribution in [0.5, 0.6) is 11.6 Å². The Bertz CT molecular complexity index is 1610. The van der Waals surface area contributed by atoms with Crippen LogP contribution >= 0.6 is 0 Å². The number of hydrogen-bond acceptors (Lipinski definition) is 8. The Hall–Kier alpha value is -4.62. The van der Waals surface area contributed by atoms with Gasteiger partial charge in [-0.1, -0.05) is 0 Å². The van der Waals surface area contributed by atoms with Crippen LogP contribution in [0.3, 0.4) is 0 Å². The molecule has 4 aromatic rings. The first kappa shape index (κ1) is 29.9. The summed E-state index contributed by atoms with van der Waals surface area (Å²) in [7, 11) is 3.67. The largest absolute Gasteiger partial charge is 0.438 e. The second-order valence-corrected chi connectivity index (χ2v) is 10.1. The molecule has 1 aliphatic heterocycles. The number of hydrogen-bond donors (Lipinski definition) is 2. The molecule has 43 heavy (non-hydrogen) atoms. The lowest BCUT2D eigenvalue weighted by Crippen LogP contribution is -2.43. The van der Waals surface area contributed by atoms with Gasteiger partial charge in [-0.2, -0.15) is 13.2 Å². The number of aromatic nitrogens is 3. The minimum atomic E-state index is -4.63. The predicted molar refractivity (Wildman–Crippen MR) is 153 cm³/mol. The number of benzene rings is 2. The van der Waals surface area contributed by atoms with Crippen molar-refractivity contribution in [3.63, 3.8) is 0 Å². The summed E-state index contributed by atoms with van der Waals surface area (Å²) >= 11 is 0. The molecular weight excluding hydrogens is 566 g/mol.